The predicted molar refractivity (Wildman–Crippen MR) is 77.9 cm³/mol. The Morgan fingerprint density at radius 1 is 1.23 bits per heavy atom. The first-order valence-electron chi connectivity index (χ1n) is 6.54. The molecule has 7 heteroatoms. The highest BCUT2D eigenvalue weighted by Gasteiger charge is 2.26. The molecule has 0 aromatic heterocycles. The lowest BCUT2D eigenvalue weighted by Gasteiger charge is -2.29. The zero-order chi connectivity index (χ0) is 15.7. The highest BCUT2D eigenvalue weighted by Crippen LogP contribution is 2.35. The van der Waals surface area contributed by atoms with E-state index in [-0.39, 0.29) is 30.5 Å². The van der Waals surface area contributed by atoms with Crippen LogP contribution in [0.3, 0.4) is 0 Å². The number of fused-ring (bicyclic) bond motifs is 1. The summed E-state index contributed by atoms with van der Waals surface area (Å²) in [5, 5.41) is 20.2. The zero-order valence-electron chi connectivity index (χ0n) is 11.4. The van der Waals surface area contributed by atoms with E-state index in [1.807, 2.05) is 0 Å². The minimum atomic E-state index is -0.475. The van der Waals surface area contributed by atoms with E-state index in [2.05, 4.69) is 0 Å². The summed E-state index contributed by atoms with van der Waals surface area (Å²) < 4.78 is 5.32. The van der Waals surface area contributed by atoms with E-state index in [4.69, 9.17) is 4.74 Å². The van der Waals surface area contributed by atoms with E-state index in [1.54, 1.807) is 18.2 Å². The van der Waals surface area contributed by atoms with Gasteiger partial charge >= 0.3 is 0 Å². The topological polar surface area (TPSA) is 92.9 Å². The second kappa shape index (κ2) is 5.36. The van der Waals surface area contributed by atoms with Gasteiger partial charge in [0.25, 0.3) is 11.6 Å². The number of hydrogen-bond donors (Lipinski definition) is 1. The molecule has 0 fully saturated rings. The Labute approximate surface area is 125 Å². The normalized spacial score (nSPS) is 13.5. The molecule has 0 unspecified atom stereocenters. The lowest BCUT2D eigenvalue weighted by Crippen LogP contribution is -2.38. The Kier molecular flexibility index (Phi) is 3.38. The Morgan fingerprint density at radius 3 is 2.64 bits per heavy atom. The third-order valence-electron chi connectivity index (χ3n) is 3.37. The average molecular weight is 300 g/mol. The minimum absolute atomic E-state index is 0.00454. The minimum Gasteiger partial charge on any atom is -0.508 e. The summed E-state index contributed by atoms with van der Waals surface area (Å²) >= 11 is 0. The number of aromatic hydroxyl groups is 1. The number of phenols is 1. The number of phenolic OH excluding ortho intramolecular Hbond substituents is 1. The van der Waals surface area contributed by atoms with Crippen LogP contribution < -0.4 is 9.64 Å². The number of nitrogens with zero attached hydrogens (tertiary/aromatic N) is 2. The van der Waals surface area contributed by atoms with Crippen molar-refractivity contribution in [3.63, 3.8) is 0 Å². The van der Waals surface area contributed by atoms with Crippen molar-refractivity contribution in [3.8, 4) is 11.5 Å². The summed E-state index contributed by atoms with van der Waals surface area (Å²) in [7, 11) is 0. The fraction of sp³-hybridized carbons (Fsp3) is 0.133. The number of ether oxygens (including phenoxy) is 1. The molecular weight excluding hydrogens is 288 g/mol. The van der Waals surface area contributed by atoms with E-state index in [0.29, 0.717) is 11.4 Å². The summed E-state index contributed by atoms with van der Waals surface area (Å²) in [5.41, 5.74) is 1.22. The third-order valence-corrected chi connectivity index (χ3v) is 3.37. The van der Waals surface area contributed by atoms with Crippen molar-refractivity contribution in [2.45, 2.75) is 6.54 Å². The van der Waals surface area contributed by atoms with Gasteiger partial charge in [-0.25, -0.2) is 0 Å². The predicted octanol–water partition coefficient (Wildman–Crippen LogP) is 2.23. The van der Waals surface area contributed by atoms with Gasteiger partial charge in [-0.15, -0.1) is 0 Å². The van der Waals surface area contributed by atoms with Crippen LogP contribution in [0, 0.1) is 10.1 Å². The number of carbonyl (C=O) groups excluding carboxylic acids is 1. The van der Waals surface area contributed by atoms with Gasteiger partial charge in [-0.3, -0.25) is 14.9 Å². The molecule has 2 aromatic rings. The zero-order valence-corrected chi connectivity index (χ0v) is 11.4. The molecule has 0 aliphatic carbocycles. The van der Waals surface area contributed by atoms with Crippen molar-refractivity contribution >= 4 is 17.3 Å². The number of nitro benzene ring substituents is 1. The molecule has 7 nitrogen and oxygen atoms in total. The van der Waals surface area contributed by atoms with E-state index in [1.165, 1.54) is 29.2 Å². The van der Waals surface area contributed by atoms with Crippen LogP contribution in [0.4, 0.5) is 11.4 Å². The van der Waals surface area contributed by atoms with Gasteiger partial charge in [-0.2, -0.15) is 0 Å². The van der Waals surface area contributed by atoms with Crippen molar-refractivity contribution in [1.82, 2.24) is 0 Å². The van der Waals surface area contributed by atoms with E-state index in [9.17, 15) is 20.0 Å². The van der Waals surface area contributed by atoms with E-state index in [0.717, 1.165) is 5.56 Å². The molecule has 0 bridgehead atoms. The van der Waals surface area contributed by atoms with Crippen molar-refractivity contribution in [2.75, 3.05) is 11.5 Å². The fourth-order valence-electron chi connectivity index (χ4n) is 2.27. The van der Waals surface area contributed by atoms with E-state index < -0.39 is 4.92 Å². The molecule has 1 heterocycles. The standard InChI is InChI=1S/C15H12N2O5/c18-12-5-6-14-13(7-12)16(15(19)9-22-14)8-10-1-3-11(4-2-10)17(20)21/h1-7,18H,8-9H2. The molecule has 112 valence electrons. The average Bonchev–Trinajstić information content (AvgIpc) is 2.51. The maximum absolute atomic E-state index is 12.1. The monoisotopic (exact) mass is 300 g/mol. The number of non-ortho nitro benzene ring substituents is 1. The summed E-state index contributed by atoms with van der Waals surface area (Å²) in [5.74, 6) is 0.307. The quantitative estimate of drug-likeness (QED) is 0.693. The maximum atomic E-state index is 12.1. The molecule has 1 N–H and O–H groups in total. The van der Waals surface area contributed by atoms with Crippen LogP contribution >= 0.6 is 0 Å². The van der Waals surface area contributed by atoms with Gasteiger partial charge in [0.1, 0.15) is 11.5 Å². The molecule has 22 heavy (non-hydrogen) atoms. The first-order valence-corrected chi connectivity index (χ1v) is 6.54. The first-order chi connectivity index (χ1) is 10.5. The van der Waals surface area contributed by atoms with Crippen LogP contribution in [0.1, 0.15) is 5.56 Å². The number of nitro groups is 1. The van der Waals surface area contributed by atoms with E-state index >= 15 is 0 Å². The van der Waals surface area contributed by atoms with Crippen LogP contribution in [0.2, 0.25) is 0 Å². The molecular formula is C15H12N2O5. The molecule has 1 amide bonds. The molecule has 0 atom stereocenters. The van der Waals surface area contributed by atoms with Gasteiger partial charge in [0.2, 0.25) is 0 Å². The molecule has 1 aliphatic heterocycles. The van der Waals surface area contributed by atoms with Gasteiger partial charge in [-0.05, 0) is 17.7 Å². The summed E-state index contributed by atoms with van der Waals surface area (Å²) in [6.07, 6.45) is 0. The van der Waals surface area contributed by atoms with Crippen molar-refractivity contribution < 1.29 is 19.6 Å². The number of rotatable bonds is 3. The lowest BCUT2D eigenvalue weighted by molar-refractivity contribution is -0.384. The third kappa shape index (κ3) is 2.56. The van der Waals surface area contributed by atoms with Crippen LogP contribution in [0.15, 0.2) is 42.5 Å². The second-order valence-electron chi connectivity index (χ2n) is 4.84. The van der Waals surface area contributed by atoms with Gasteiger partial charge in [0.05, 0.1) is 17.2 Å². The number of benzene rings is 2. The molecule has 0 radical (unpaired) electrons. The van der Waals surface area contributed by atoms with Crippen molar-refractivity contribution in [1.29, 1.82) is 0 Å². The molecule has 0 spiro atoms. The van der Waals surface area contributed by atoms with Crippen molar-refractivity contribution in [3.05, 3.63) is 58.1 Å². The van der Waals surface area contributed by atoms with Gasteiger partial charge in [0, 0.05) is 18.2 Å². The Hall–Kier alpha value is -3.09. The van der Waals surface area contributed by atoms with Gasteiger partial charge < -0.3 is 14.7 Å². The highest BCUT2D eigenvalue weighted by molar-refractivity contribution is 5.98. The largest absolute Gasteiger partial charge is 0.508 e. The van der Waals surface area contributed by atoms with Gasteiger partial charge in [0.15, 0.2) is 6.61 Å². The summed E-state index contributed by atoms with van der Waals surface area (Å²) in [6, 6.07) is 10.5. The number of anilines is 1. The lowest BCUT2D eigenvalue weighted by atomic mass is 10.1. The fourth-order valence-corrected chi connectivity index (χ4v) is 2.27. The first kappa shape index (κ1) is 13.9. The Balaban J connectivity index is 1.90. The van der Waals surface area contributed by atoms with Crippen molar-refractivity contribution in [2.24, 2.45) is 0 Å². The van der Waals surface area contributed by atoms with Crippen LogP contribution in [-0.2, 0) is 11.3 Å². The second-order valence-corrected chi connectivity index (χ2v) is 4.84. The molecule has 1 aliphatic rings. The SMILES string of the molecule is O=C1COc2ccc(O)cc2N1Cc1ccc([N+](=O)[O-])cc1. The summed E-state index contributed by atoms with van der Waals surface area (Å²) in [6.45, 7) is 0.168. The molecule has 0 saturated heterocycles. The highest BCUT2D eigenvalue weighted by atomic mass is 16.6. The summed E-state index contributed by atoms with van der Waals surface area (Å²) in [4.78, 5) is 23.7. The molecule has 2 aromatic carbocycles. The van der Waals surface area contributed by atoms with Crippen LogP contribution in [0.25, 0.3) is 0 Å². The Morgan fingerprint density at radius 2 is 1.95 bits per heavy atom. The Bertz CT molecular complexity index is 742. The number of hydrogen-bond acceptors (Lipinski definition) is 5. The number of amides is 1. The van der Waals surface area contributed by atoms with Crippen LogP contribution in [0.5, 0.6) is 11.5 Å². The number of carbonyl (C=O) groups is 1. The molecule has 0 saturated carbocycles. The van der Waals surface area contributed by atoms with Crippen LogP contribution in [-0.4, -0.2) is 22.5 Å². The smallest absolute Gasteiger partial charge is 0.269 e. The molecule has 3 rings (SSSR count). The maximum Gasteiger partial charge on any atom is 0.269 e. The van der Waals surface area contributed by atoms with Gasteiger partial charge in [-0.1, -0.05) is 12.1 Å².